The third-order valence-electron chi connectivity index (χ3n) is 4.51. The number of rotatable bonds is 5. The number of likely N-dealkylation sites (N-methyl/N-ethyl adjacent to an activating group) is 1. The molecule has 2 heterocycles. The summed E-state index contributed by atoms with van der Waals surface area (Å²) in [4.78, 5) is 24.9. The van der Waals surface area contributed by atoms with Gasteiger partial charge in [0, 0.05) is 18.0 Å². The minimum atomic E-state index is -0.186. The molecule has 2 aromatic heterocycles. The fourth-order valence-electron chi connectivity index (χ4n) is 3.24. The van der Waals surface area contributed by atoms with E-state index in [-0.39, 0.29) is 18.0 Å². The van der Waals surface area contributed by atoms with Crippen LogP contribution in [0.3, 0.4) is 0 Å². The fourth-order valence-corrected chi connectivity index (χ4v) is 3.24. The normalized spacial score (nSPS) is 11.1. The van der Waals surface area contributed by atoms with E-state index in [1.807, 2.05) is 52.0 Å². The number of hydrogen-bond donors (Lipinski definition) is 1. The molecule has 0 saturated carbocycles. The SMILES string of the molecule is CCNC(=O)Cn1c(=O)cc(CC)c2c(C)nn(-c3ccc(C)cc3)c21. The first-order valence-corrected chi connectivity index (χ1v) is 8.92. The molecule has 3 aromatic rings. The number of amides is 1. The highest BCUT2D eigenvalue weighted by Gasteiger charge is 2.19. The van der Waals surface area contributed by atoms with Crippen LogP contribution in [0.15, 0.2) is 35.1 Å². The number of aromatic nitrogens is 3. The first-order chi connectivity index (χ1) is 12.5. The van der Waals surface area contributed by atoms with E-state index in [0.29, 0.717) is 12.2 Å². The molecule has 3 rings (SSSR count). The Labute approximate surface area is 152 Å². The Hall–Kier alpha value is -2.89. The Morgan fingerprint density at radius 2 is 1.85 bits per heavy atom. The lowest BCUT2D eigenvalue weighted by Crippen LogP contribution is -2.33. The maximum Gasteiger partial charge on any atom is 0.252 e. The second-order valence-electron chi connectivity index (χ2n) is 6.43. The number of hydrogen-bond acceptors (Lipinski definition) is 3. The molecule has 136 valence electrons. The van der Waals surface area contributed by atoms with E-state index >= 15 is 0 Å². The molecular weight excluding hydrogens is 328 g/mol. The van der Waals surface area contributed by atoms with Crippen LogP contribution >= 0.6 is 0 Å². The molecule has 0 spiro atoms. The summed E-state index contributed by atoms with van der Waals surface area (Å²) in [5.41, 5.74) is 4.30. The molecule has 0 aliphatic carbocycles. The minimum absolute atomic E-state index is 0.0236. The van der Waals surface area contributed by atoms with Gasteiger partial charge in [-0.15, -0.1) is 0 Å². The lowest BCUT2D eigenvalue weighted by atomic mass is 10.1. The molecule has 0 radical (unpaired) electrons. The number of pyridine rings is 1. The largest absolute Gasteiger partial charge is 0.355 e. The van der Waals surface area contributed by atoms with Crippen molar-refractivity contribution in [3.05, 3.63) is 57.5 Å². The third-order valence-corrected chi connectivity index (χ3v) is 4.51. The van der Waals surface area contributed by atoms with Gasteiger partial charge in [0.1, 0.15) is 12.2 Å². The molecule has 26 heavy (non-hydrogen) atoms. The van der Waals surface area contributed by atoms with Gasteiger partial charge in [0.05, 0.1) is 11.4 Å². The maximum absolute atomic E-state index is 12.7. The standard InChI is InChI=1S/C20H24N4O2/c1-5-15-11-18(26)23(12-17(25)21-6-2)20-19(15)14(4)22-24(20)16-9-7-13(3)8-10-16/h7-11H,5-6,12H2,1-4H3,(H,21,25). The van der Waals surface area contributed by atoms with E-state index in [9.17, 15) is 9.59 Å². The van der Waals surface area contributed by atoms with Crippen molar-refractivity contribution in [3.63, 3.8) is 0 Å². The molecule has 0 aliphatic rings. The average molecular weight is 352 g/mol. The average Bonchev–Trinajstić information content (AvgIpc) is 2.95. The van der Waals surface area contributed by atoms with Crippen LogP contribution in [0.5, 0.6) is 0 Å². The van der Waals surface area contributed by atoms with Gasteiger partial charge in [-0.2, -0.15) is 5.10 Å². The summed E-state index contributed by atoms with van der Waals surface area (Å²) in [6, 6.07) is 9.58. The van der Waals surface area contributed by atoms with Gasteiger partial charge in [0.25, 0.3) is 5.56 Å². The van der Waals surface area contributed by atoms with Crippen LogP contribution in [0, 0.1) is 13.8 Å². The molecular formula is C20H24N4O2. The Balaban J connectivity index is 2.32. The first kappa shape index (κ1) is 17.9. The first-order valence-electron chi connectivity index (χ1n) is 8.92. The summed E-state index contributed by atoms with van der Waals surface area (Å²) in [5.74, 6) is -0.186. The second kappa shape index (κ2) is 7.15. The van der Waals surface area contributed by atoms with Crippen LogP contribution in [-0.4, -0.2) is 26.8 Å². The van der Waals surface area contributed by atoms with Gasteiger partial charge in [0.2, 0.25) is 5.91 Å². The second-order valence-corrected chi connectivity index (χ2v) is 6.43. The van der Waals surface area contributed by atoms with Crippen LogP contribution in [0.1, 0.15) is 30.7 Å². The highest BCUT2D eigenvalue weighted by molar-refractivity contribution is 5.85. The van der Waals surface area contributed by atoms with Crippen LogP contribution in [-0.2, 0) is 17.8 Å². The van der Waals surface area contributed by atoms with Crippen molar-refractivity contribution in [1.29, 1.82) is 0 Å². The van der Waals surface area contributed by atoms with Gasteiger partial charge in [-0.25, -0.2) is 4.68 Å². The zero-order valence-electron chi connectivity index (χ0n) is 15.7. The van der Waals surface area contributed by atoms with E-state index in [2.05, 4.69) is 10.4 Å². The van der Waals surface area contributed by atoms with Gasteiger partial charge in [-0.05, 0) is 44.9 Å². The molecule has 0 aliphatic heterocycles. The quantitative estimate of drug-likeness (QED) is 0.767. The summed E-state index contributed by atoms with van der Waals surface area (Å²) < 4.78 is 3.28. The smallest absolute Gasteiger partial charge is 0.252 e. The molecule has 1 aromatic carbocycles. The topological polar surface area (TPSA) is 68.9 Å². The molecule has 0 saturated heterocycles. The van der Waals surface area contributed by atoms with E-state index in [1.165, 1.54) is 4.57 Å². The highest BCUT2D eigenvalue weighted by atomic mass is 16.2. The van der Waals surface area contributed by atoms with Crippen molar-refractivity contribution >= 4 is 16.9 Å². The third kappa shape index (κ3) is 3.14. The fraction of sp³-hybridized carbons (Fsp3) is 0.350. The van der Waals surface area contributed by atoms with Crippen LogP contribution in [0.4, 0.5) is 0 Å². The van der Waals surface area contributed by atoms with Gasteiger partial charge >= 0.3 is 0 Å². The number of benzene rings is 1. The number of fused-ring (bicyclic) bond motifs is 1. The number of nitrogens with zero attached hydrogens (tertiary/aromatic N) is 3. The van der Waals surface area contributed by atoms with Crippen molar-refractivity contribution in [2.75, 3.05) is 6.54 Å². The predicted molar refractivity (Wildman–Crippen MR) is 103 cm³/mol. The van der Waals surface area contributed by atoms with E-state index in [1.54, 1.807) is 10.7 Å². The Morgan fingerprint density at radius 1 is 1.15 bits per heavy atom. The van der Waals surface area contributed by atoms with Gasteiger partial charge < -0.3 is 5.32 Å². The predicted octanol–water partition coefficient (Wildman–Crippen LogP) is 2.50. The van der Waals surface area contributed by atoms with E-state index in [4.69, 9.17) is 0 Å². The summed E-state index contributed by atoms with van der Waals surface area (Å²) in [6.07, 6.45) is 0.730. The van der Waals surface area contributed by atoms with E-state index in [0.717, 1.165) is 34.3 Å². The molecule has 0 unspecified atom stereocenters. The van der Waals surface area contributed by atoms with Crippen molar-refractivity contribution in [1.82, 2.24) is 19.7 Å². The highest BCUT2D eigenvalue weighted by Crippen LogP contribution is 2.24. The molecule has 0 atom stereocenters. The zero-order chi connectivity index (χ0) is 18.8. The van der Waals surface area contributed by atoms with Crippen LogP contribution in [0.25, 0.3) is 16.7 Å². The van der Waals surface area contributed by atoms with Gasteiger partial charge in [0.15, 0.2) is 0 Å². The van der Waals surface area contributed by atoms with Crippen LogP contribution in [0.2, 0.25) is 0 Å². The van der Waals surface area contributed by atoms with Crippen molar-refractivity contribution in [2.24, 2.45) is 0 Å². The molecule has 0 bridgehead atoms. The Kier molecular flexibility index (Phi) is 4.93. The van der Waals surface area contributed by atoms with E-state index < -0.39 is 0 Å². The van der Waals surface area contributed by atoms with Crippen molar-refractivity contribution < 1.29 is 4.79 Å². The minimum Gasteiger partial charge on any atom is -0.355 e. The lowest BCUT2D eigenvalue weighted by molar-refractivity contribution is -0.121. The summed E-state index contributed by atoms with van der Waals surface area (Å²) in [5, 5.41) is 8.38. The lowest BCUT2D eigenvalue weighted by Gasteiger charge is -2.13. The Morgan fingerprint density at radius 3 is 2.46 bits per heavy atom. The molecule has 6 heteroatoms. The summed E-state index contributed by atoms with van der Waals surface area (Å²) in [7, 11) is 0. The summed E-state index contributed by atoms with van der Waals surface area (Å²) >= 11 is 0. The number of aryl methyl sites for hydroxylation is 3. The zero-order valence-corrected chi connectivity index (χ0v) is 15.7. The van der Waals surface area contributed by atoms with Crippen LogP contribution < -0.4 is 10.9 Å². The summed E-state index contributed by atoms with van der Waals surface area (Å²) in [6.45, 7) is 8.34. The number of nitrogens with one attached hydrogen (secondary N) is 1. The monoisotopic (exact) mass is 352 g/mol. The van der Waals surface area contributed by atoms with Gasteiger partial charge in [-0.3, -0.25) is 14.2 Å². The van der Waals surface area contributed by atoms with Crippen molar-refractivity contribution in [2.45, 2.75) is 40.7 Å². The Bertz CT molecular complexity index is 1010. The molecule has 1 N–H and O–H groups in total. The number of carbonyl (C=O) groups is 1. The van der Waals surface area contributed by atoms with Crippen molar-refractivity contribution in [3.8, 4) is 5.69 Å². The molecule has 0 fully saturated rings. The maximum atomic E-state index is 12.7. The van der Waals surface area contributed by atoms with Gasteiger partial charge in [-0.1, -0.05) is 24.6 Å². The molecule has 1 amide bonds. The number of carbonyl (C=O) groups excluding carboxylic acids is 1. The molecule has 6 nitrogen and oxygen atoms in total.